The molecule has 0 fully saturated rings. The van der Waals surface area contributed by atoms with Crippen LogP contribution >= 0.6 is 22.6 Å². The summed E-state index contributed by atoms with van der Waals surface area (Å²) >= 11 is 2.05. The molecule has 0 bridgehead atoms. The molecule has 0 amide bonds. The maximum atomic E-state index is 12.3. The molecule has 2 heterocycles. The van der Waals surface area contributed by atoms with Gasteiger partial charge in [0.25, 0.3) is 5.56 Å². The van der Waals surface area contributed by atoms with Gasteiger partial charge in [-0.25, -0.2) is 4.98 Å². The van der Waals surface area contributed by atoms with E-state index in [1.165, 1.54) is 0 Å². The first kappa shape index (κ1) is 14.2. The van der Waals surface area contributed by atoms with Crippen molar-refractivity contribution in [3.8, 4) is 0 Å². The summed E-state index contributed by atoms with van der Waals surface area (Å²) in [5, 5.41) is 5.71. The van der Waals surface area contributed by atoms with E-state index in [0.717, 1.165) is 28.8 Å². The second-order valence-electron chi connectivity index (χ2n) is 4.86. The first-order chi connectivity index (χ1) is 10.1. The van der Waals surface area contributed by atoms with Crippen molar-refractivity contribution in [3.63, 3.8) is 0 Å². The predicted octanol–water partition coefficient (Wildman–Crippen LogP) is 2.57. The van der Waals surface area contributed by atoms with Crippen molar-refractivity contribution in [2.45, 2.75) is 26.9 Å². The molecule has 0 aliphatic carbocycles. The minimum atomic E-state index is -0.0155. The van der Waals surface area contributed by atoms with Gasteiger partial charge in [0.05, 0.1) is 33.3 Å². The molecule has 0 aliphatic rings. The third-order valence-electron chi connectivity index (χ3n) is 3.51. The second-order valence-corrected chi connectivity index (χ2v) is 5.94. The number of fused-ring (bicyclic) bond motifs is 1. The van der Waals surface area contributed by atoms with Crippen molar-refractivity contribution in [2.75, 3.05) is 0 Å². The Bertz CT molecular complexity index is 866. The lowest BCUT2D eigenvalue weighted by molar-refractivity contribution is 0.641. The van der Waals surface area contributed by atoms with Crippen LogP contribution in [0.2, 0.25) is 0 Å². The maximum absolute atomic E-state index is 12.3. The molecule has 0 radical (unpaired) electrons. The fourth-order valence-electron chi connectivity index (χ4n) is 2.37. The Kier molecular flexibility index (Phi) is 3.79. The zero-order valence-corrected chi connectivity index (χ0v) is 14.0. The van der Waals surface area contributed by atoms with E-state index in [1.54, 1.807) is 10.9 Å². The number of rotatable bonds is 3. The number of hydrogen-bond acceptors (Lipinski definition) is 3. The number of benzene rings is 1. The topological polar surface area (TPSA) is 52.7 Å². The van der Waals surface area contributed by atoms with Crippen molar-refractivity contribution in [1.29, 1.82) is 0 Å². The summed E-state index contributed by atoms with van der Waals surface area (Å²) < 4.78 is 4.24. The van der Waals surface area contributed by atoms with E-state index in [4.69, 9.17) is 0 Å². The van der Waals surface area contributed by atoms with E-state index in [-0.39, 0.29) is 5.56 Å². The molecule has 2 aromatic heterocycles. The van der Waals surface area contributed by atoms with Gasteiger partial charge >= 0.3 is 0 Å². The third kappa shape index (κ3) is 2.48. The maximum Gasteiger partial charge on any atom is 0.267 e. The molecular weight excluding hydrogens is 379 g/mol. The SMILES string of the molecule is CCn1nc(Cn2cnc(C)c(I)c2=O)c2ccccc21. The summed E-state index contributed by atoms with van der Waals surface area (Å²) in [6.45, 7) is 5.15. The van der Waals surface area contributed by atoms with Crippen LogP contribution in [0.3, 0.4) is 0 Å². The van der Waals surface area contributed by atoms with Crippen LogP contribution in [0.5, 0.6) is 0 Å². The van der Waals surface area contributed by atoms with E-state index < -0.39 is 0 Å². The first-order valence-electron chi connectivity index (χ1n) is 6.77. The van der Waals surface area contributed by atoms with Crippen LogP contribution in [0.1, 0.15) is 18.3 Å². The van der Waals surface area contributed by atoms with Gasteiger partial charge in [-0.3, -0.25) is 14.0 Å². The van der Waals surface area contributed by atoms with Crippen LogP contribution in [0.4, 0.5) is 0 Å². The highest BCUT2D eigenvalue weighted by molar-refractivity contribution is 14.1. The average molecular weight is 394 g/mol. The minimum absolute atomic E-state index is 0.0155. The molecule has 1 aromatic carbocycles. The van der Waals surface area contributed by atoms with Crippen LogP contribution in [-0.4, -0.2) is 19.3 Å². The highest BCUT2D eigenvalue weighted by Gasteiger charge is 2.12. The number of aromatic nitrogens is 4. The lowest BCUT2D eigenvalue weighted by Gasteiger charge is -2.05. The molecule has 21 heavy (non-hydrogen) atoms. The van der Waals surface area contributed by atoms with Crippen LogP contribution < -0.4 is 5.56 Å². The van der Waals surface area contributed by atoms with Gasteiger partial charge in [0, 0.05) is 11.9 Å². The quantitative estimate of drug-likeness (QED) is 0.642. The molecule has 0 saturated heterocycles. The molecule has 0 unspecified atom stereocenters. The van der Waals surface area contributed by atoms with Gasteiger partial charge in [0.2, 0.25) is 0 Å². The number of hydrogen-bond donors (Lipinski definition) is 0. The zero-order chi connectivity index (χ0) is 15.0. The molecule has 0 N–H and O–H groups in total. The molecule has 5 nitrogen and oxygen atoms in total. The predicted molar refractivity (Wildman–Crippen MR) is 90.5 cm³/mol. The van der Waals surface area contributed by atoms with Crippen LogP contribution in [-0.2, 0) is 13.1 Å². The Balaban J connectivity index is 2.11. The third-order valence-corrected chi connectivity index (χ3v) is 4.75. The van der Waals surface area contributed by atoms with Crippen molar-refractivity contribution in [1.82, 2.24) is 19.3 Å². The largest absolute Gasteiger partial charge is 0.292 e. The van der Waals surface area contributed by atoms with Gasteiger partial charge in [0.15, 0.2) is 0 Å². The van der Waals surface area contributed by atoms with E-state index in [1.807, 2.05) is 52.4 Å². The van der Waals surface area contributed by atoms with Crippen LogP contribution in [0.25, 0.3) is 10.9 Å². The van der Waals surface area contributed by atoms with Crippen molar-refractivity contribution >= 4 is 33.5 Å². The van der Waals surface area contributed by atoms with Gasteiger partial charge in [-0.1, -0.05) is 18.2 Å². The molecular formula is C15H15IN4O. The molecule has 0 saturated carbocycles. The smallest absolute Gasteiger partial charge is 0.267 e. The normalized spacial score (nSPS) is 11.2. The van der Waals surface area contributed by atoms with E-state index in [9.17, 15) is 4.79 Å². The molecule has 0 atom stereocenters. The highest BCUT2D eigenvalue weighted by Crippen LogP contribution is 2.19. The average Bonchev–Trinajstić information content (AvgIpc) is 2.86. The van der Waals surface area contributed by atoms with E-state index >= 15 is 0 Å². The molecule has 3 aromatic rings. The summed E-state index contributed by atoms with van der Waals surface area (Å²) in [6.07, 6.45) is 1.60. The number of nitrogens with zero attached hydrogens (tertiary/aromatic N) is 4. The standard InChI is InChI=1S/C15H15IN4O/c1-3-20-13-7-5-4-6-11(13)12(18-20)8-19-9-17-10(2)14(16)15(19)21/h4-7,9H,3,8H2,1-2H3. The van der Waals surface area contributed by atoms with Crippen LogP contribution in [0, 0.1) is 10.5 Å². The fourth-order valence-corrected chi connectivity index (χ4v) is 2.82. The Morgan fingerprint density at radius 1 is 1.29 bits per heavy atom. The summed E-state index contributed by atoms with van der Waals surface area (Å²) in [5.74, 6) is 0. The number of para-hydroxylation sites is 1. The first-order valence-corrected chi connectivity index (χ1v) is 7.85. The van der Waals surface area contributed by atoms with E-state index in [2.05, 4.69) is 23.1 Å². The highest BCUT2D eigenvalue weighted by atomic mass is 127. The molecule has 108 valence electrons. The second kappa shape index (κ2) is 5.59. The minimum Gasteiger partial charge on any atom is -0.292 e. The molecule has 0 spiro atoms. The van der Waals surface area contributed by atoms with Gasteiger partial charge in [-0.15, -0.1) is 0 Å². The zero-order valence-electron chi connectivity index (χ0n) is 11.9. The summed E-state index contributed by atoms with van der Waals surface area (Å²) in [5.41, 5.74) is 2.74. The number of aryl methyl sites for hydroxylation is 2. The van der Waals surface area contributed by atoms with Gasteiger partial charge in [0.1, 0.15) is 0 Å². The molecule has 0 aliphatic heterocycles. The summed E-state index contributed by atoms with van der Waals surface area (Å²) in [7, 11) is 0. The fraction of sp³-hybridized carbons (Fsp3) is 0.267. The molecule has 3 rings (SSSR count). The Morgan fingerprint density at radius 2 is 2.05 bits per heavy atom. The monoisotopic (exact) mass is 394 g/mol. The van der Waals surface area contributed by atoms with Crippen molar-refractivity contribution < 1.29 is 0 Å². The van der Waals surface area contributed by atoms with Crippen molar-refractivity contribution in [2.24, 2.45) is 0 Å². The van der Waals surface area contributed by atoms with Crippen LogP contribution in [0.15, 0.2) is 35.4 Å². The van der Waals surface area contributed by atoms with E-state index in [0.29, 0.717) is 10.1 Å². The van der Waals surface area contributed by atoms with Gasteiger partial charge in [-0.05, 0) is 42.5 Å². The Hall–Kier alpha value is -1.70. The summed E-state index contributed by atoms with van der Waals surface area (Å²) in [6, 6.07) is 8.09. The van der Waals surface area contributed by atoms with Crippen molar-refractivity contribution in [3.05, 3.63) is 55.9 Å². The molecule has 6 heteroatoms. The number of halogens is 1. The van der Waals surface area contributed by atoms with Gasteiger partial charge < -0.3 is 0 Å². The Labute approximate surface area is 135 Å². The lowest BCUT2D eigenvalue weighted by Crippen LogP contribution is -2.24. The van der Waals surface area contributed by atoms with Gasteiger partial charge in [-0.2, -0.15) is 5.10 Å². The summed E-state index contributed by atoms with van der Waals surface area (Å²) in [4.78, 5) is 16.6. The Morgan fingerprint density at radius 3 is 2.81 bits per heavy atom. The lowest BCUT2D eigenvalue weighted by atomic mass is 10.2.